The summed E-state index contributed by atoms with van der Waals surface area (Å²) in [6, 6.07) is 5.03. The molecule has 1 aromatic rings. The van der Waals surface area contributed by atoms with Crippen LogP contribution < -0.4 is 20.6 Å². The van der Waals surface area contributed by atoms with Crippen LogP contribution in [0.3, 0.4) is 0 Å². The summed E-state index contributed by atoms with van der Waals surface area (Å²) in [7, 11) is 0. The lowest BCUT2D eigenvalue weighted by Crippen LogP contribution is -3.24. The number of nitrogens with one attached hydrogen (secondary N) is 2. The number of piperazine rings is 1. The lowest BCUT2D eigenvalue weighted by atomic mass is 10.1. The molecule has 0 aromatic heterocycles. The minimum atomic E-state index is -1.15. The Morgan fingerprint density at radius 3 is 2.64 bits per heavy atom. The molecule has 6 heteroatoms. The number of amides is 1. The third-order valence-electron chi connectivity index (χ3n) is 4.17. The van der Waals surface area contributed by atoms with Crippen LogP contribution in [0.1, 0.15) is 17.5 Å². The van der Waals surface area contributed by atoms with Gasteiger partial charge < -0.3 is 25.4 Å². The molecule has 1 aromatic carbocycles. The van der Waals surface area contributed by atoms with Gasteiger partial charge >= 0.3 is 0 Å². The highest BCUT2D eigenvalue weighted by Crippen LogP contribution is 2.16. The number of rotatable bonds is 5. The van der Waals surface area contributed by atoms with Crippen LogP contribution in [0, 0.1) is 13.8 Å². The summed E-state index contributed by atoms with van der Waals surface area (Å²) in [5.74, 6) is -1.42. The summed E-state index contributed by atoms with van der Waals surface area (Å²) < 4.78 is 0. The van der Waals surface area contributed by atoms with Crippen LogP contribution in [0.2, 0.25) is 0 Å². The Morgan fingerprint density at radius 1 is 1.32 bits per heavy atom. The van der Waals surface area contributed by atoms with Gasteiger partial charge in [-0.25, -0.2) is 0 Å². The summed E-state index contributed by atoms with van der Waals surface area (Å²) in [4.78, 5) is 24.5. The highest BCUT2D eigenvalue weighted by atomic mass is 16.4. The van der Waals surface area contributed by atoms with E-state index in [0.29, 0.717) is 0 Å². The first-order valence-electron chi connectivity index (χ1n) is 7.71. The fourth-order valence-corrected chi connectivity index (χ4v) is 2.84. The highest BCUT2D eigenvalue weighted by molar-refractivity contribution is 5.94. The number of anilines is 1. The van der Waals surface area contributed by atoms with Crippen LogP contribution in [-0.2, 0) is 9.59 Å². The second-order valence-corrected chi connectivity index (χ2v) is 5.97. The summed E-state index contributed by atoms with van der Waals surface area (Å²) in [5.41, 5.74) is 2.75. The van der Waals surface area contributed by atoms with Gasteiger partial charge in [-0.3, -0.25) is 4.79 Å². The Kier molecular flexibility index (Phi) is 5.51. The zero-order valence-electron chi connectivity index (χ0n) is 13.1. The van der Waals surface area contributed by atoms with E-state index in [9.17, 15) is 14.7 Å². The van der Waals surface area contributed by atoms with E-state index in [4.69, 9.17) is 0 Å². The van der Waals surface area contributed by atoms with Gasteiger partial charge in [0.05, 0.1) is 12.4 Å². The number of carbonyl (C=O) groups excluding carboxylic acids is 2. The first-order chi connectivity index (χ1) is 10.5. The Bertz CT molecular complexity index is 554. The summed E-state index contributed by atoms with van der Waals surface area (Å²) in [6.07, 6.45) is -0.0505. The van der Waals surface area contributed by atoms with Crippen molar-refractivity contribution in [3.05, 3.63) is 29.3 Å². The number of benzene rings is 1. The molecular formula is C16H24N3O3+. The van der Waals surface area contributed by atoms with Crippen molar-refractivity contribution in [3.8, 4) is 0 Å². The van der Waals surface area contributed by atoms with Gasteiger partial charge in [0.25, 0.3) is 0 Å². The molecule has 1 fully saturated rings. The van der Waals surface area contributed by atoms with E-state index in [1.165, 1.54) is 0 Å². The van der Waals surface area contributed by atoms with E-state index < -0.39 is 12.0 Å². The van der Waals surface area contributed by atoms with Gasteiger partial charge in [-0.2, -0.15) is 0 Å². The second-order valence-electron chi connectivity index (χ2n) is 5.97. The minimum Gasteiger partial charge on any atom is -0.544 e. The molecule has 0 aliphatic carbocycles. The number of nitrogens with two attached hydrogens (primary N) is 1. The van der Waals surface area contributed by atoms with Crippen molar-refractivity contribution in [2.75, 3.05) is 31.5 Å². The molecule has 1 aliphatic rings. The average molecular weight is 306 g/mol. The van der Waals surface area contributed by atoms with Gasteiger partial charge in [-0.1, -0.05) is 12.1 Å². The van der Waals surface area contributed by atoms with Crippen molar-refractivity contribution in [3.63, 3.8) is 0 Å². The maximum Gasteiger partial charge on any atom is 0.230 e. The standard InChI is InChI=1S/C16H23N3O3/c1-11-3-4-12(2)13(9-11)18-15(20)10-14(16(21)22)19-7-5-17-6-8-19/h3-4,9,14,17H,5-8,10H2,1-2H3,(H,18,20)(H,21,22)/p+1/t14-/m0/s1. The van der Waals surface area contributed by atoms with E-state index in [1.54, 1.807) is 0 Å². The van der Waals surface area contributed by atoms with Crippen molar-refractivity contribution in [2.24, 2.45) is 0 Å². The molecule has 1 saturated heterocycles. The van der Waals surface area contributed by atoms with Crippen LogP contribution >= 0.6 is 0 Å². The molecule has 120 valence electrons. The quantitative estimate of drug-likeness (QED) is 0.549. The second kappa shape index (κ2) is 7.38. The maximum atomic E-state index is 12.2. The zero-order chi connectivity index (χ0) is 16.1. The summed E-state index contributed by atoms with van der Waals surface area (Å²) in [5, 5.41) is 16.4. The molecule has 0 spiro atoms. The summed E-state index contributed by atoms with van der Waals surface area (Å²) in [6.45, 7) is 7.13. The van der Waals surface area contributed by atoms with E-state index in [2.05, 4.69) is 10.6 Å². The van der Waals surface area contributed by atoms with Gasteiger partial charge in [0, 0.05) is 5.69 Å². The number of quaternary nitrogens is 2. The fraction of sp³-hybridized carbons (Fsp3) is 0.500. The number of carboxylic acids is 1. The lowest BCUT2D eigenvalue weighted by molar-refractivity contribution is -0.961. The molecule has 0 unspecified atom stereocenters. The van der Waals surface area contributed by atoms with E-state index in [0.717, 1.165) is 47.9 Å². The molecule has 2 rings (SSSR count). The monoisotopic (exact) mass is 306 g/mol. The van der Waals surface area contributed by atoms with Gasteiger partial charge in [-0.05, 0) is 31.0 Å². The van der Waals surface area contributed by atoms with Gasteiger partial charge in [-0.15, -0.1) is 0 Å². The van der Waals surface area contributed by atoms with E-state index in [-0.39, 0.29) is 12.3 Å². The molecule has 6 nitrogen and oxygen atoms in total. The van der Waals surface area contributed by atoms with E-state index in [1.807, 2.05) is 32.0 Å². The first kappa shape index (κ1) is 16.5. The number of aliphatic carboxylic acids is 1. The zero-order valence-corrected chi connectivity index (χ0v) is 13.1. The summed E-state index contributed by atoms with van der Waals surface area (Å²) >= 11 is 0. The predicted octanol–water partition coefficient (Wildman–Crippen LogP) is -2.79. The molecule has 0 radical (unpaired) electrons. The Balaban J connectivity index is 2.01. The normalized spacial score (nSPS) is 17.0. The highest BCUT2D eigenvalue weighted by Gasteiger charge is 2.29. The van der Waals surface area contributed by atoms with Crippen LogP contribution in [-0.4, -0.2) is 44.1 Å². The Morgan fingerprint density at radius 2 is 2.00 bits per heavy atom. The minimum absolute atomic E-state index is 0.0505. The van der Waals surface area contributed by atoms with Crippen molar-refractivity contribution in [1.82, 2.24) is 0 Å². The molecule has 0 saturated carbocycles. The van der Waals surface area contributed by atoms with E-state index >= 15 is 0 Å². The van der Waals surface area contributed by atoms with Gasteiger partial charge in [0.15, 0.2) is 0 Å². The smallest absolute Gasteiger partial charge is 0.230 e. The van der Waals surface area contributed by atoms with Gasteiger partial charge in [0.2, 0.25) is 5.91 Å². The van der Waals surface area contributed by atoms with Gasteiger partial charge in [0.1, 0.15) is 32.2 Å². The predicted molar refractivity (Wildman–Crippen MR) is 80.3 cm³/mol. The number of hydrogen-bond donors (Lipinski definition) is 3. The van der Waals surface area contributed by atoms with Crippen molar-refractivity contribution >= 4 is 17.6 Å². The Hall–Kier alpha value is -1.92. The molecule has 22 heavy (non-hydrogen) atoms. The molecule has 0 bridgehead atoms. The SMILES string of the molecule is Cc1ccc(C)c(NC(=O)C[C@@H](C(=O)[O-])[NH+]2CC[NH2+]CC2)c1. The molecule has 1 aliphatic heterocycles. The van der Waals surface area contributed by atoms with Crippen LogP contribution in [0.4, 0.5) is 5.69 Å². The fourth-order valence-electron chi connectivity index (χ4n) is 2.84. The van der Waals surface area contributed by atoms with Crippen LogP contribution in [0.25, 0.3) is 0 Å². The third-order valence-corrected chi connectivity index (χ3v) is 4.17. The number of aryl methyl sites for hydroxylation is 2. The number of hydrogen-bond acceptors (Lipinski definition) is 3. The van der Waals surface area contributed by atoms with Crippen LogP contribution in [0.5, 0.6) is 0 Å². The largest absolute Gasteiger partial charge is 0.544 e. The van der Waals surface area contributed by atoms with Crippen LogP contribution in [0.15, 0.2) is 18.2 Å². The first-order valence-corrected chi connectivity index (χ1v) is 7.71. The van der Waals surface area contributed by atoms with Crippen molar-refractivity contribution < 1.29 is 24.9 Å². The average Bonchev–Trinajstić information content (AvgIpc) is 2.49. The molecule has 4 N–H and O–H groups in total. The van der Waals surface area contributed by atoms with Crippen molar-refractivity contribution in [2.45, 2.75) is 26.3 Å². The van der Waals surface area contributed by atoms with Crippen molar-refractivity contribution in [1.29, 1.82) is 0 Å². The number of carboxylic acid groups (broad SMARTS) is 1. The molecule has 1 atom stereocenters. The lowest BCUT2D eigenvalue weighted by Gasteiger charge is -2.30. The number of carbonyl (C=O) groups is 2. The Labute approximate surface area is 130 Å². The molecule has 1 amide bonds. The maximum absolute atomic E-state index is 12.2. The third kappa shape index (κ3) is 4.29. The molecule has 1 heterocycles. The topological polar surface area (TPSA) is 90.3 Å². The molecular weight excluding hydrogens is 282 g/mol.